The number of carbonyl (C=O) groups excluding carboxylic acids is 2. The van der Waals surface area contributed by atoms with Crippen molar-refractivity contribution in [2.75, 3.05) is 26.2 Å². The van der Waals surface area contributed by atoms with E-state index in [1.807, 2.05) is 4.90 Å². The van der Waals surface area contributed by atoms with Gasteiger partial charge in [0.25, 0.3) is 5.91 Å². The predicted octanol–water partition coefficient (Wildman–Crippen LogP) is 1.92. The lowest BCUT2D eigenvalue weighted by atomic mass is 9.73. The minimum Gasteiger partial charge on any atom is -0.342 e. The maximum absolute atomic E-state index is 13.3. The van der Waals surface area contributed by atoms with Crippen LogP contribution in [-0.2, 0) is 4.79 Å². The molecule has 2 aromatic heterocycles. The van der Waals surface area contributed by atoms with Gasteiger partial charge in [0.2, 0.25) is 5.91 Å². The van der Waals surface area contributed by atoms with Crippen LogP contribution in [0.1, 0.15) is 48.9 Å². The van der Waals surface area contributed by atoms with Crippen molar-refractivity contribution >= 4 is 11.8 Å². The molecule has 1 saturated carbocycles. The summed E-state index contributed by atoms with van der Waals surface area (Å²) in [4.78, 5) is 34.0. The van der Waals surface area contributed by atoms with E-state index in [2.05, 4.69) is 20.1 Å². The molecule has 0 N–H and O–H groups in total. The topological polar surface area (TPSA) is 84.2 Å². The van der Waals surface area contributed by atoms with Crippen LogP contribution in [0, 0.1) is 11.3 Å². The number of hydrogen-bond acceptors (Lipinski definition) is 5. The third-order valence-corrected chi connectivity index (χ3v) is 6.55. The molecule has 2 aliphatic heterocycles. The number of nitrogens with zero attached hydrogens (tertiary/aromatic N) is 6. The third kappa shape index (κ3) is 3.75. The molecular weight excluding hydrogens is 368 g/mol. The lowest BCUT2D eigenvalue weighted by molar-refractivity contribution is -0.139. The van der Waals surface area contributed by atoms with Crippen molar-refractivity contribution in [1.29, 1.82) is 0 Å². The van der Waals surface area contributed by atoms with Crippen LogP contribution in [-0.4, -0.2) is 67.5 Å². The second-order valence-corrected chi connectivity index (χ2v) is 8.82. The van der Waals surface area contributed by atoms with Gasteiger partial charge in [-0.25, -0.2) is 4.98 Å². The van der Waals surface area contributed by atoms with Crippen LogP contribution in [0.4, 0.5) is 0 Å². The number of aromatic nitrogens is 4. The van der Waals surface area contributed by atoms with E-state index < -0.39 is 0 Å². The molecule has 0 bridgehead atoms. The summed E-state index contributed by atoms with van der Waals surface area (Å²) in [6, 6.07) is 3.55. The Morgan fingerprint density at radius 3 is 2.79 bits per heavy atom. The van der Waals surface area contributed by atoms with Crippen LogP contribution in [0.25, 0.3) is 5.82 Å². The van der Waals surface area contributed by atoms with Gasteiger partial charge in [0.05, 0.1) is 0 Å². The molecule has 1 spiro atoms. The molecule has 4 heterocycles. The second-order valence-electron chi connectivity index (χ2n) is 8.82. The summed E-state index contributed by atoms with van der Waals surface area (Å²) in [6.07, 6.45) is 10.9. The summed E-state index contributed by atoms with van der Waals surface area (Å²) in [5.74, 6) is 1.65. The van der Waals surface area contributed by atoms with E-state index in [0.29, 0.717) is 29.6 Å². The zero-order chi connectivity index (χ0) is 19.8. The van der Waals surface area contributed by atoms with Crippen LogP contribution in [0.2, 0.25) is 0 Å². The first kappa shape index (κ1) is 18.3. The van der Waals surface area contributed by atoms with Crippen molar-refractivity contribution in [3.05, 3.63) is 36.5 Å². The number of pyridine rings is 1. The fourth-order valence-electron chi connectivity index (χ4n) is 4.79. The highest BCUT2D eigenvalue weighted by atomic mass is 16.2. The van der Waals surface area contributed by atoms with Crippen LogP contribution >= 0.6 is 0 Å². The number of likely N-dealkylation sites (tertiary alicyclic amines) is 2. The highest BCUT2D eigenvalue weighted by Gasteiger charge is 2.43. The van der Waals surface area contributed by atoms with Gasteiger partial charge in [0.15, 0.2) is 0 Å². The Kier molecular flexibility index (Phi) is 4.56. The lowest BCUT2D eigenvalue weighted by Crippen LogP contribution is -2.55. The zero-order valence-corrected chi connectivity index (χ0v) is 16.5. The molecule has 0 radical (unpaired) electrons. The Morgan fingerprint density at radius 2 is 2.00 bits per heavy atom. The summed E-state index contributed by atoms with van der Waals surface area (Å²) in [6.45, 7) is 3.20. The Hall–Kier alpha value is -2.77. The minimum absolute atomic E-state index is 0.0337. The highest BCUT2D eigenvalue weighted by molar-refractivity contribution is 5.94. The first-order valence-corrected chi connectivity index (χ1v) is 10.5. The van der Waals surface area contributed by atoms with Gasteiger partial charge in [-0.3, -0.25) is 14.2 Å². The van der Waals surface area contributed by atoms with Gasteiger partial charge < -0.3 is 9.80 Å². The van der Waals surface area contributed by atoms with E-state index in [1.165, 1.54) is 12.8 Å². The maximum Gasteiger partial charge on any atom is 0.254 e. The predicted molar refractivity (Wildman–Crippen MR) is 105 cm³/mol. The second kappa shape index (κ2) is 7.24. The Bertz CT molecular complexity index is 910. The summed E-state index contributed by atoms with van der Waals surface area (Å²) < 4.78 is 1.69. The van der Waals surface area contributed by atoms with E-state index in [9.17, 15) is 9.59 Å². The molecule has 152 valence electrons. The Morgan fingerprint density at radius 1 is 1.17 bits per heavy atom. The van der Waals surface area contributed by atoms with Crippen molar-refractivity contribution in [3.63, 3.8) is 0 Å². The van der Waals surface area contributed by atoms with Gasteiger partial charge >= 0.3 is 0 Å². The van der Waals surface area contributed by atoms with Gasteiger partial charge in [-0.1, -0.05) is 0 Å². The van der Waals surface area contributed by atoms with Crippen molar-refractivity contribution < 1.29 is 9.59 Å². The van der Waals surface area contributed by atoms with E-state index in [0.717, 1.165) is 45.4 Å². The van der Waals surface area contributed by atoms with Crippen LogP contribution in [0.5, 0.6) is 0 Å². The summed E-state index contributed by atoms with van der Waals surface area (Å²) in [5, 5.41) is 7.61. The quantitative estimate of drug-likeness (QED) is 0.791. The van der Waals surface area contributed by atoms with Gasteiger partial charge in [-0.15, -0.1) is 10.2 Å². The molecule has 1 atom stereocenters. The smallest absolute Gasteiger partial charge is 0.254 e. The SMILES string of the molecule is O=C1CC[C@@]2(CCCN(C(=O)c3ccnc(-n4cnnc4)c3)C2)CN1CC1CC1. The average Bonchev–Trinajstić information content (AvgIpc) is 3.39. The fourth-order valence-corrected chi connectivity index (χ4v) is 4.79. The van der Waals surface area contributed by atoms with Crippen molar-refractivity contribution in [2.45, 2.75) is 38.5 Å². The molecule has 5 rings (SSSR count). The molecule has 0 unspecified atom stereocenters. The Labute approximate surface area is 169 Å². The number of carbonyl (C=O) groups is 2. The van der Waals surface area contributed by atoms with Crippen LogP contribution in [0.3, 0.4) is 0 Å². The van der Waals surface area contributed by atoms with E-state index in [1.54, 1.807) is 35.6 Å². The van der Waals surface area contributed by atoms with Crippen molar-refractivity contribution in [3.8, 4) is 5.82 Å². The molecule has 2 amide bonds. The normalized spacial score (nSPS) is 24.9. The third-order valence-electron chi connectivity index (χ3n) is 6.55. The van der Waals surface area contributed by atoms with E-state index in [-0.39, 0.29) is 11.3 Å². The van der Waals surface area contributed by atoms with Gasteiger partial charge in [-0.2, -0.15) is 0 Å². The van der Waals surface area contributed by atoms with E-state index >= 15 is 0 Å². The van der Waals surface area contributed by atoms with Crippen LogP contribution < -0.4 is 0 Å². The molecule has 8 nitrogen and oxygen atoms in total. The molecule has 1 aliphatic carbocycles. The summed E-state index contributed by atoms with van der Waals surface area (Å²) in [7, 11) is 0. The molecule has 3 aliphatic rings. The standard InChI is InChI=1S/C21H26N6O2/c28-19-4-7-21(13-26(19)11-16-2-3-16)6-1-9-25(12-21)20(29)17-5-8-22-18(10-17)27-14-23-24-15-27/h5,8,10,14-16H,1-4,6-7,9,11-13H2/t21-/m1/s1. The first-order valence-electron chi connectivity index (χ1n) is 10.5. The number of rotatable bonds is 4. The van der Waals surface area contributed by atoms with Crippen molar-refractivity contribution in [1.82, 2.24) is 29.5 Å². The summed E-state index contributed by atoms with van der Waals surface area (Å²) in [5.41, 5.74) is 0.670. The largest absolute Gasteiger partial charge is 0.342 e. The number of piperidine rings is 2. The maximum atomic E-state index is 13.3. The average molecular weight is 394 g/mol. The van der Waals surface area contributed by atoms with Gasteiger partial charge in [0.1, 0.15) is 18.5 Å². The molecular formula is C21H26N6O2. The minimum atomic E-state index is 0.0337. The number of hydrogen-bond donors (Lipinski definition) is 0. The molecule has 0 aromatic carbocycles. The first-order chi connectivity index (χ1) is 14.1. The number of amides is 2. The molecule has 29 heavy (non-hydrogen) atoms. The van der Waals surface area contributed by atoms with Crippen LogP contribution in [0.15, 0.2) is 31.0 Å². The highest BCUT2D eigenvalue weighted by Crippen LogP contribution is 2.41. The van der Waals surface area contributed by atoms with Gasteiger partial charge in [0, 0.05) is 49.8 Å². The molecule has 2 saturated heterocycles. The molecule has 8 heteroatoms. The van der Waals surface area contributed by atoms with Crippen molar-refractivity contribution in [2.24, 2.45) is 11.3 Å². The monoisotopic (exact) mass is 394 g/mol. The fraction of sp³-hybridized carbons (Fsp3) is 0.571. The van der Waals surface area contributed by atoms with E-state index in [4.69, 9.17) is 0 Å². The Balaban J connectivity index is 1.32. The lowest BCUT2D eigenvalue weighted by Gasteiger charge is -2.48. The molecule has 2 aromatic rings. The molecule has 3 fully saturated rings. The zero-order valence-electron chi connectivity index (χ0n) is 16.5. The summed E-state index contributed by atoms with van der Waals surface area (Å²) >= 11 is 0. The van der Waals surface area contributed by atoms with Gasteiger partial charge in [-0.05, 0) is 50.2 Å².